The molecule has 8 nitrogen and oxygen atoms in total. The van der Waals surface area contributed by atoms with E-state index in [2.05, 4.69) is 35.3 Å². The maximum Gasteiger partial charge on any atom is 0.418 e. The van der Waals surface area contributed by atoms with Crippen LogP contribution in [0.15, 0.2) is 30.6 Å². The Morgan fingerprint density at radius 3 is 2.56 bits per heavy atom. The summed E-state index contributed by atoms with van der Waals surface area (Å²) in [6.07, 6.45) is -2.17. The van der Waals surface area contributed by atoms with Crippen LogP contribution in [0.3, 0.4) is 0 Å². The lowest BCUT2D eigenvalue weighted by Crippen LogP contribution is -2.38. The molecule has 2 aromatic heterocycles. The molecule has 1 aromatic carbocycles. The van der Waals surface area contributed by atoms with Gasteiger partial charge in [-0.3, -0.25) is 0 Å². The molecule has 1 saturated heterocycles. The third-order valence-electron chi connectivity index (χ3n) is 5.98. The third-order valence-corrected chi connectivity index (χ3v) is 7.69. The summed E-state index contributed by atoms with van der Waals surface area (Å²) >= 11 is 0. The van der Waals surface area contributed by atoms with Gasteiger partial charge in [-0.05, 0) is 18.5 Å². The highest BCUT2D eigenvalue weighted by atomic mass is 28.3. The lowest BCUT2D eigenvalue weighted by atomic mass is 10.2. The fourth-order valence-corrected chi connectivity index (χ4v) is 4.72. The number of rotatable bonds is 9. The molecule has 212 valence electrons. The van der Waals surface area contributed by atoms with Gasteiger partial charge in [0.05, 0.1) is 23.6 Å². The average Bonchev–Trinajstić information content (AvgIpc) is 3.46. The van der Waals surface area contributed by atoms with Gasteiger partial charge in [-0.25, -0.2) is 18.6 Å². The molecule has 3 aromatic rings. The molecule has 3 heterocycles. The minimum Gasteiger partial charge on any atom is -0.450 e. The summed E-state index contributed by atoms with van der Waals surface area (Å²) in [5, 5.41) is 4.48. The second-order valence-corrected chi connectivity index (χ2v) is 16.0. The van der Waals surface area contributed by atoms with Crippen molar-refractivity contribution < 1.29 is 41.0 Å². The number of pyridine rings is 1. The van der Waals surface area contributed by atoms with Crippen LogP contribution in [-0.4, -0.2) is 49.5 Å². The van der Waals surface area contributed by atoms with Crippen molar-refractivity contribution in [3.8, 4) is 11.5 Å². The van der Waals surface area contributed by atoms with Crippen LogP contribution in [0.2, 0.25) is 25.7 Å². The van der Waals surface area contributed by atoms with E-state index < -0.39 is 54.4 Å². The van der Waals surface area contributed by atoms with E-state index in [1.54, 1.807) is 0 Å². The van der Waals surface area contributed by atoms with Gasteiger partial charge in [-0.15, -0.1) is 0 Å². The normalized spacial score (nSPS) is 16.1. The van der Waals surface area contributed by atoms with Crippen molar-refractivity contribution >= 4 is 30.8 Å². The molecule has 0 radical (unpaired) electrons. The summed E-state index contributed by atoms with van der Waals surface area (Å²) in [7, 11) is -1.41. The van der Waals surface area contributed by atoms with Crippen LogP contribution < -0.4 is 15.4 Å². The van der Waals surface area contributed by atoms with Crippen molar-refractivity contribution in [2.75, 3.05) is 25.1 Å². The molecule has 14 heteroatoms. The van der Waals surface area contributed by atoms with E-state index in [0.717, 1.165) is 30.4 Å². The Morgan fingerprint density at radius 1 is 1.23 bits per heavy atom. The molecule has 1 aliphatic heterocycles. The highest BCUT2D eigenvalue weighted by molar-refractivity contribution is 6.76. The van der Waals surface area contributed by atoms with Gasteiger partial charge in [-0.1, -0.05) is 19.6 Å². The number of urea groups is 1. The van der Waals surface area contributed by atoms with Gasteiger partial charge in [0.15, 0.2) is 17.4 Å². The summed E-state index contributed by atoms with van der Waals surface area (Å²) < 4.78 is 88.9. The van der Waals surface area contributed by atoms with Crippen LogP contribution in [0, 0.1) is 11.6 Å². The number of alkyl halides is 3. The van der Waals surface area contributed by atoms with Crippen LogP contribution in [-0.2, 0) is 22.4 Å². The number of hydrogen-bond donors (Lipinski definition) is 2. The Bertz CT molecular complexity index is 1310. The minimum absolute atomic E-state index is 0.112. The quantitative estimate of drug-likeness (QED) is 0.177. The Labute approximate surface area is 222 Å². The lowest BCUT2D eigenvalue weighted by Gasteiger charge is -2.15. The fraction of sp³-hybridized carbons (Fsp3) is 0.440. The maximum atomic E-state index is 14.9. The minimum atomic E-state index is -4.80. The van der Waals surface area contributed by atoms with Crippen molar-refractivity contribution in [2.24, 2.45) is 0 Å². The van der Waals surface area contributed by atoms with Gasteiger partial charge in [0, 0.05) is 51.5 Å². The van der Waals surface area contributed by atoms with Crippen molar-refractivity contribution in [2.45, 2.75) is 51.1 Å². The zero-order valence-electron chi connectivity index (χ0n) is 21.6. The van der Waals surface area contributed by atoms with E-state index in [1.807, 2.05) is 0 Å². The first-order valence-corrected chi connectivity index (χ1v) is 16.0. The zero-order valence-corrected chi connectivity index (χ0v) is 22.6. The predicted octanol–water partition coefficient (Wildman–Crippen LogP) is 6.35. The van der Waals surface area contributed by atoms with Crippen molar-refractivity contribution in [1.82, 2.24) is 14.9 Å². The summed E-state index contributed by atoms with van der Waals surface area (Å²) in [6, 6.07) is 2.62. The number of ether oxygens (including phenoxy) is 3. The first-order chi connectivity index (χ1) is 18.3. The van der Waals surface area contributed by atoms with E-state index in [4.69, 9.17) is 14.2 Å². The molecule has 1 atom stereocenters. The molecule has 39 heavy (non-hydrogen) atoms. The highest BCUT2D eigenvalue weighted by Crippen LogP contribution is 2.42. The average molecular weight is 573 g/mol. The van der Waals surface area contributed by atoms with E-state index in [9.17, 15) is 26.7 Å². The predicted molar refractivity (Wildman–Crippen MR) is 137 cm³/mol. The number of carbonyl (C=O) groups excluding carboxylic acids is 1. The van der Waals surface area contributed by atoms with Gasteiger partial charge < -0.3 is 29.4 Å². The fourth-order valence-electron chi connectivity index (χ4n) is 3.97. The lowest BCUT2D eigenvalue weighted by molar-refractivity contribution is -0.136. The van der Waals surface area contributed by atoms with Gasteiger partial charge in [0.2, 0.25) is 0 Å². The Balaban J connectivity index is 1.58. The molecule has 0 aliphatic carbocycles. The maximum absolute atomic E-state index is 14.9. The zero-order chi connectivity index (χ0) is 28.4. The van der Waals surface area contributed by atoms with Crippen LogP contribution in [0.25, 0.3) is 11.0 Å². The summed E-state index contributed by atoms with van der Waals surface area (Å²) in [5.74, 6) is -3.81. The summed E-state index contributed by atoms with van der Waals surface area (Å²) in [5.41, 5.74) is -1.40. The Hall–Kier alpha value is -3.23. The molecule has 0 saturated carbocycles. The molecule has 2 amide bonds. The Morgan fingerprint density at radius 2 is 1.95 bits per heavy atom. The molecule has 0 bridgehead atoms. The molecule has 1 fully saturated rings. The second kappa shape index (κ2) is 11.5. The second-order valence-electron chi connectivity index (χ2n) is 10.4. The smallest absolute Gasteiger partial charge is 0.418 e. The largest absolute Gasteiger partial charge is 0.450 e. The number of carbonyl (C=O) groups is 1. The molecule has 1 unspecified atom stereocenters. The number of aromatic nitrogens is 2. The first kappa shape index (κ1) is 28.8. The van der Waals surface area contributed by atoms with E-state index in [-0.39, 0.29) is 24.1 Å². The Kier molecular flexibility index (Phi) is 8.47. The molecular formula is C25H29F5N4O4Si. The van der Waals surface area contributed by atoms with Crippen molar-refractivity contribution in [3.05, 3.63) is 47.8 Å². The highest BCUT2D eigenvalue weighted by Gasteiger charge is 2.37. The number of benzene rings is 1. The van der Waals surface area contributed by atoms with E-state index in [1.165, 1.54) is 10.8 Å². The van der Waals surface area contributed by atoms with Crippen LogP contribution in [0.1, 0.15) is 12.0 Å². The first-order valence-electron chi connectivity index (χ1n) is 12.3. The SMILES string of the molecule is C[Si](C)(C)CCOCn1cc(C(F)(F)F)c2c(Oc3c(F)cc(NC(=O)NC4CCOC4)cc3F)ccnc21. The van der Waals surface area contributed by atoms with E-state index >= 15 is 0 Å². The number of nitrogens with zero attached hydrogens (tertiary/aromatic N) is 2. The topological polar surface area (TPSA) is 86.6 Å². The number of anilines is 1. The molecular weight excluding hydrogens is 543 g/mol. The number of fused-ring (bicyclic) bond motifs is 1. The van der Waals surface area contributed by atoms with Gasteiger partial charge in [0.1, 0.15) is 18.1 Å². The monoisotopic (exact) mass is 572 g/mol. The molecule has 0 spiro atoms. The molecule has 4 rings (SSSR count). The summed E-state index contributed by atoms with van der Waals surface area (Å²) in [4.78, 5) is 16.2. The van der Waals surface area contributed by atoms with Crippen molar-refractivity contribution in [1.29, 1.82) is 0 Å². The number of hydrogen-bond acceptors (Lipinski definition) is 5. The summed E-state index contributed by atoms with van der Waals surface area (Å²) in [6.45, 7) is 7.45. The van der Waals surface area contributed by atoms with Gasteiger partial charge in [-0.2, -0.15) is 13.2 Å². The van der Waals surface area contributed by atoms with Gasteiger partial charge in [0.25, 0.3) is 0 Å². The van der Waals surface area contributed by atoms with Crippen LogP contribution >= 0.6 is 0 Å². The molecule has 1 aliphatic rings. The number of halogens is 5. The van der Waals surface area contributed by atoms with Crippen LogP contribution in [0.4, 0.5) is 32.4 Å². The molecule has 2 N–H and O–H groups in total. The standard InChI is InChI=1S/C25H29F5N4O4Si/c1-39(2,3)9-8-37-14-34-12-17(25(28,29)30)21-20(4-6-31-23(21)34)38-22-18(26)10-16(11-19(22)27)33-24(35)32-15-5-7-36-13-15/h4,6,10-12,15H,5,7-9,13-14H2,1-3H3,(H2,32,33,35). The number of amides is 2. The van der Waals surface area contributed by atoms with Gasteiger partial charge >= 0.3 is 12.2 Å². The van der Waals surface area contributed by atoms with Crippen LogP contribution in [0.5, 0.6) is 11.5 Å². The number of nitrogens with one attached hydrogen (secondary N) is 2. The van der Waals surface area contributed by atoms with Crippen molar-refractivity contribution in [3.63, 3.8) is 0 Å². The van der Waals surface area contributed by atoms with E-state index in [0.29, 0.717) is 26.2 Å². The third kappa shape index (κ3) is 7.25.